The van der Waals surface area contributed by atoms with Gasteiger partial charge in [-0.1, -0.05) is 11.6 Å². The van der Waals surface area contributed by atoms with E-state index >= 15 is 0 Å². The fourth-order valence-corrected chi connectivity index (χ4v) is 2.92. The topological polar surface area (TPSA) is 95.7 Å². The van der Waals surface area contributed by atoms with Gasteiger partial charge >= 0.3 is 5.97 Å². The summed E-state index contributed by atoms with van der Waals surface area (Å²) >= 11 is 5.80. The molecule has 1 atom stereocenters. The van der Waals surface area contributed by atoms with Crippen LogP contribution in [0.3, 0.4) is 0 Å². The molecule has 1 aromatic rings. The zero-order valence-electron chi connectivity index (χ0n) is 11.2. The van der Waals surface area contributed by atoms with Gasteiger partial charge < -0.3 is 9.47 Å². The number of esters is 1. The Balaban J connectivity index is 2.06. The number of primary sulfonamides is 1. The molecule has 0 spiro atoms. The summed E-state index contributed by atoms with van der Waals surface area (Å²) in [4.78, 5) is 11.7. The molecule has 2 rings (SSSR count). The standard InChI is InChI=1S/C13H16ClNO5S/c14-10-5-9(6-12(7-10)21(15,17)18)13(16)20-8-11-3-1-2-4-19-11/h5-7,11H,1-4,8H2,(H2,15,17,18). The van der Waals surface area contributed by atoms with Gasteiger partial charge in [0.05, 0.1) is 16.6 Å². The highest BCUT2D eigenvalue weighted by Gasteiger charge is 2.19. The minimum absolute atomic E-state index is 0.0438. The van der Waals surface area contributed by atoms with Gasteiger partial charge in [-0.3, -0.25) is 0 Å². The summed E-state index contributed by atoms with van der Waals surface area (Å²) < 4.78 is 33.2. The van der Waals surface area contributed by atoms with Crippen molar-refractivity contribution in [2.45, 2.75) is 30.3 Å². The first-order valence-electron chi connectivity index (χ1n) is 6.48. The highest BCUT2D eigenvalue weighted by atomic mass is 35.5. The Bertz CT molecular complexity index is 625. The molecule has 1 saturated heterocycles. The third kappa shape index (κ3) is 4.67. The number of ether oxygens (including phenoxy) is 2. The van der Waals surface area contributed by atoms with Crippen molar-refractivity contribution in [3.05, 3.63) is 28.8 Å². The molecule has 0 radical (unpaired) electrons. The van der Waals surface area contributed by atoms with Crippen LogP contribution in [0.4, 0.5) is 0 Å². The molecule has 1 aliphatic rings. The lowest BCUT2D eigenvalue weighted by Crippen LogP contribution is -2.26. The predicted octanol–water partition coefficient (Wildman–Crippen LogP) is 1.71. The molecule has 21 heavy (non-hydrogen) atoms. The molecule has 1 aliphatic heterocycles. The summed E-state index contributed by atoms with van der Waals surface area (Å²) in [5.74, 6) is -0.656. The third-order valence-corrected chi connectivity index (χ3v) is 4.22. The lowest BCUT2D eigenvalue weighted by atomic mass is 10.1. The van der Waals surface area contributed by atoms with Crippen LogP contribution in [0.25, 0.3) is 0 Å². The maximum atomic E-state index is 11.9. The summed E-state index contributed by atoms with van der Waals surface area (Å²) in [7, 11) is -3.93. The largest absolute Gasteiger partial charge is 0.459 e. The van der Waals surface area contributed by atoms with Crippen molar-refractivity contribution in [3.8, 4) is 0 Å². The summed E-state index contributed by atoms with van der Waals surface area (Å²) in [6, 6.07) is 3.66. The average Bonchev–Trinajstić information content (AvgIpc) is 2.44. The second-order valence-corrected chi connectivity index (χ2v) is 6.81. The molecule has 0 aliphatic carbocycles. The molecule has 6 nitrogen and oxygen atoms in total. The quantitative estimate of drug-likeness (QED) is 0.846. The van der Waals surface area contributed by atoms with Crippen LogP contribution in [0.2, 0.25) is 5.02 Å². The maximum Gasteiger partial charge on any atom is 0.338 e. The smallest absolute Gasteiger partial charge is 0.338 e. The van der Waals surface area contributed by atoms with E-state index in [1.807, 2.05) is 0 Å². The Hall–Kier alpha value is -1.15. The fraction of sp³-hybridized carbons (Fsp3) is 0.462. The molecule has 1 fully saturated rings. The first-order chi connectivity index (χ1) is 9.86. The Morgan fingerprint density at radius 3 is 2.76 bits per heavy atom. The van der Waals surface area contributed by atoms with Crippen molar-refractivity contribution in [3.63, 3.8) is 0 Å². The molecule has 1 unspecified atom stereocenters. The summed E-state index contributed by atoms with van der Waals surface area (Å²) in [5.41, 5.74) is 0.0438. The van der Waals surface area contributed by atoms with E-state index in [0.717, 1.165) is 25.3 Å². The molecule has 0 saturated carbocycles. The van der Waals surface area contributed by atoms with E-state index < -0.39 is 16.0 Å². The molecule has 1 heterocycles. The number of carbonyl (C=O) groups excluding carboxylic acids is 1. The van der Waals surface area contributed by atoms with Gasteiger partial charge in [0.15, 0.2) is 0 Å². The number of rotatable bonds is 4. The van der Waals surface area contributed by atoms with Crippen molar-refractivity contribution in [1.82, 2.24) is 0 Å². The molecule has 1 aromatic carbocycles. The van der Waals surface area contributed by atoms with Crippen LogP contribution in [0.1, 0.15) is 29.6 Å². The van der Waals surface area contributed by atoms with E-state index in [-0.39, 0.29) is 28.2 Å². The van der Waals surface area contributed by atoms with Gasteiger partial charge in [-0.25, -0.2) is 18.4 Å². The van der Waals surface area contributed by atoms with Crippen LogP contribution in [0.15, 0.2) is 23.1 Å². The summed E-state index contributed by atoms with van der Waals surface area (Å²) in [6.45, 7) is 0.797. The van der Waals surface area contributed by atoms with Crippen molar-refractivity contribution >= 4 is 27.6 Å². The van der Waals surface area contributed by atoms with Crippen LogP contribution in [-0.2, 0) is 19.5 Å². The van der Waals surface area contributed by atoms with E-state index in [1.165, 1.54) is 12.1 Å². The monoisotopic (exact) mass is 333 g/mol. The summed E-state index contributed by atoms with van der Waals surface area (Å²) in [6.07, 6.45) is 2.77. The zero-order valence-corrected chi connectivity index (χ0v) is 12.8. The van der Waals surface area contributed by atoms with E-state index in [4.69, 9.17) is 26.2 Å². The molecule has 0 aromatic heterocycles. The van der Waals surface area contributed by atoms with Crippen LogP contribution in [-0.4, -0.2) is 33.7 Å². The van der Waals surface area contributed by atoms with E-state index in [0.29, 0.717) is 6.61 Å². The maximum absolute atomic E-state index is 11.9. The summed E-state index contributed by atoms with van der Waals surface area (Å²) in [5, 5.41) is 5.13. The molecular weight excluding hydrogens is 318 g/mol. The number of halogens is 1. The molecule has 0 amide bonds. The first kappa shape index (κ1) is 16.2. The third-order valence-electron chi connectivity index (χ3n) is 3.11. The fourth-order valence-electron chi connectivity index (χ4n) is 2.04. The zero-order chi connectivity index (χ0) is 15.5. The Labute approximate surface area is 128 Å². The minimum Gasteiger partial charge on any atom is -0.459 e. The molecule has 8 heteroatoms. The van der Waals surface area contributed by atoms with Gasteiger partial charge in [0, 0.05) is 11.6 Å². The van der Waals surface area contributed by atoms with Crippen LogP contribution < -0.4 is 5.14 Å². The molecule has 0 bridgehead atoms. The second-order valence-electron chi connectivity index (χ2n) is 4.81. The Morgan fingerprint density at radius 1 is 1.38 bits per heavy atom. The number of benzene rings is 1. The number of hydrogen-bond donors (Lipinski definition) is 1. The van der Waals surface area contributed by atoms with E-state index in [2.05, 4.69) is 0 Å². The number of carbonyl (C=O) groups is 1. The number of hydrogen-bond acceptors (Lipinski definition) is 5. The minimum atomic E-state index is -3.93. The van der Waals surface area contributed by atoms with Gasteiger partial charge in [-0.15, -0.1) is 0 Å². The molecular formula is C13H16ClNO5S. The SMILES string of the molecule is NS(=O)(=O)c1cc(Cl)cc(C(=O)OCC2CCCCO2)c1. The predicted molar refractivity (Wildman–Crippen MR) is 76.7 cm³/mol. The number of nitrogens with two attached hydrogens (primary N) is 1. The van der Waals surface area contributed by atoms with Gasteiger partial charge in [0.1, 0.15) is 6.61 Å². The molecule has 116 valence electrons. The van der Waals surface area contributed by atoms with Gasteiger partial charge in [-0.2, -0.15) is 0 Å². The highest BCUT2D eigenvalue weighted by molar-refractivity contribution is 7.89. The lowest BCUT2D eigenvalue weighted by Gasteiger charge is -2.22. The number of sulfonamides is 1. The van der Waals surface area contributed by atoms with Gasteiger partial charge in [0.25, 0.3) is 0 Å². The lowest BCUT2D eigenvalue weighted by molar-refractivity contribution is -0.0300. The average molecular weight is 334 g/mol. The van der Waals surface area contributed by atoms with Crippen LogP contribution >= 0.6 is 11.6 Å². The van der Waals surface area contributed by atoms with Gasteiger partial charge in [-0.05, 0) is 37.5 Å². The van der Waals surface area contributed by atoms with Crippen molar-refractivity contribution < 1.29 is 22.7 Å². The second kappa shape index (κ2) is 6.74. The van der Waals surface area contributed by atoms with Gasteiger partial charge in [0.2, 0.25) is 10.0 Å². The van der Waals surface area contributed by atoms with Crippen molar-refractivity contribution in [1.29, 1.82) is 0 Å². The molecule has 2 N–H and O–H groups in total. The van der Waals surface area contributed by atoms with E-state index in [9.17, 15) is 13.2 Å². The normalized spacial score (nSPS) is 19.2. The Kier molecular flexibility index (Phi) is 5.21. The highest BCUT2D eigenvalue weighted by Crippen LogP contribution is 2.19. The Morgan fingerprint density at radius 2 is 2.14 bits per heavy atom. The first-order valence-corrected chi connectivity index (χ1v) is 8.41. The van der Waals surface area contributed by atoms with Crippen LogP contribution in [0.5, 0.6) is 0 Å². The van der Waals surface area contributed by atoms with Crippen molar-refractivity contribution in [2.75, 3.05) is 13.2 Å². The van der Waals surface area contributed by atoms with Crippen LogP contribution in [0, 0.1) is 0 Å². The van der Waals surface area contributed by atoms with E-state index in [1.54, 1.807) is 0 Å². The van der Waals surface area contributed by atoms with Crippen molar-refractivity contribution in [2.24, 2.45) is 5.14 Å².